The average molecular weight is 850 g/mol. The monoisotopic (exact) mass is 849 g/mol. The van der Waals surface area contributed by atoms with Crippen LogP contribution in [-0.4, -0.2) is 71.0 Å². The molecule has 1 amide bonds. The number of aromatic nitrogens is 2. The molecule has 4 atom stereocenters. The van der Waals surface area contributed by atoms with Crippen LogP contribution in [0.2, 0.25) is 0 Å². The van der Waals surface area contributed by atoms with Gasteiger partial charge in [0.1, 0.15) is 23.5 Å². The van der Waals surface area contributed by atoms with Gasteiger partial charge in [0, 0.05) is 36.0 Å². The van der Waals surface area contributed by atoms with E-state index in [-0.39, 0.29) is 36.8 Å². The quantitative estimate of drug-likeness (QED) is 0.0484. The number of nitriles is 1. The van der Waals surface area contributed by atoms with Crippen LogP contribution in [0, 0.1) is 11.3 Å². The van der Waals surface area contributed by atoms with E-state index in [9.17, 15) is 14.9 Å². The van der Waals surface area contributed by atoms with Crippen LogP contribution in [0.1, 0.15) is 73.8 Å². The fraction of sp³-hybridized carbons (Fsp3) is 0.348. The number of benzene rings is 4. The molecule has 0 aliphatic carbocycles. The van der Waals surface area contributed by atoms with Gasteiger partial charge in [-0.25, -0.2) is 9.46 Å². The van der Waals surface area contributed by atoms with E-state index in [1.54, 1.807) is 62.5 Å². The summed E-state index contributed by atoms with van der Waals surface area (Å²) in [6.07, 6.45) is 0.324. The molecule has 2 heterocycles. The maximum absolute atomic E-state index is 13.7. The minimum absolute atomic E-state index is 0.0745. The first-order valence-electron chi connectivity index (χ1n) is 19.9. The van der Waals surface area contributed by atoms with Crippen molar-refractivity contribution in [2.45, 2.75) is 75.8 Å². The van der Waals surface area contributed by atoms with E-state index in [1.807, 2.05) is 48.5 Å². The summed E-state index contributed by atoms with van der Waals surface area (Å²) in [7, 11) is 1.65. The molecule has 60 heavy (non-hydrogen) atoms. The van der Waals surface area contributed by atoms with Crippen molar-refractivity contribution in [1.82, 2.24) is 14.2 Å². The van der Waals surface area contributed by atoms with E-state index in [0.717, 1.165) is 28.2 Å². The van der Waals surface area contributed by atoms with Gasteiger partial charge in [0.05, 0.1) is 50.3 Å². The minimum Gasteiger partial charge on any atom is -0.497 e. The van der Waals surface area contributed by atoms with Crippen molar-refractivity contribution in [1.29, 1.82) is 5.26 Å². The number of ether oxygens (including phenoxy) is 3. The van der Waals surface area contributed by atoms with Gasteiger partial charge in [-0.05, 0) is 86.8 Å². The van der Waals surface area contributed by atoms with Crippen LogP contribution >= 0.6 is 20.3 Å². The molecule has 0 saturated carbocycles. The van der Waals surface area contributed by atoms with Gasteiger partial charge in [-0.3, -0.25) is 9.36 Å². The van der Waals surface area contributed by atoms with E-state index in [4.69, 9.17) is 23.3 Å². The van der Waals surface area contributed by atoms with Gasteiger partial charge in [0.2, 0.25) is 0 Å². The third kappa shape index (κ3) is 10.4. The Kier molecular flexibility index (Phi) is 15.5. The van der Waals surface area contributed by atoms with Gasteiger partial charge in [-0.15, -0.1) is 11.8 Å². The Morgan fingerprint density at radius 1 is 0.900 bits per heavy atom. The zero-order chi connectivity index (χ0) is 42.6. The highest BCUT2D eigenvalue weighted by molar-refractivity contribution is 8.00. The van der Waals surface area contributed by atoms with Crippen molar-refractivity contribution in [3.05, 3.63) is 154 Å². The van der Waals surface area contributed by atoms with Gasteiger partial charge >= 0.3 is 5.69 Å². The molecule has 4 aromatic carbocycles. The zero-order valence-corrected chi connectivity index (χ0v) is 36.5. The Hall–Kier alpha value is -5.06. The Bertz CT molecular complexity index is 2180. The van der Waals surface area contributed by atoms with Crippen LogP contribution < -0.4 is 20.5 Å². The van der Waals surface area contributed by atoms with Crippen LogP contribution in [0.3, 0.4) is 0 Å². The second kappa shape index (κ2) is 21.0. The predicted molar refractivity (Wildman–Crippen MR) is 236 cm³/mol. The van der Waals surface area contributed by atoms with E-state index in [1.165, 1.54) is 4.57 Å². The predicted octanol–water partition coefficient (Wildman–Crippen LogP) is 9.19. The summed E-state index contributed by atoms with van der Waals surface area (Å²) in [6.45, 7) is 8.58. The Balaban J connectivity index is 1.39. The molecular weight excluding hydrogens is 798 g/mol. The molecule has 314 valence electrons. The van der Waals surface area contributed by atoms with Crippen molar-refractivity contribution < 1.29 is 28.1 Å². The lowest BCUT2D eigenvalue weighted by atomic mass is 9.84. The third-order valence-electron chi connectivity index (χ3n) is 10.1. The number of hydrogen-bond donors (Lipinski definition) is 1. The number of thioether (sulfide) groups is 1. The summed E-state index contributed by atoms with van der Waals surface area (Å²) < 4.78 is 34.3. The maximum atomic E-state index is 13.7. The Labute approximate surface area is 357 Å². The molecule has 1 aliphatic rings. The first-order valence-corrected chi connectivity index (χ1v) is 22.0. The summed E-state index contributed by atoms with van der Waals surface area (Å²) in [4.78, 5) is 30.8. The number of amides is 1. The van der Waals surface area contributed by atoms with Gasteiger partial charge in [0.15, 0.2) is 0 Å². The molecule has 0 bridgehead atoms. The fourth-order valence-electron chi connectivity index (χ4n) is 7.30. The number of rotatable bonds is 19. The highest BCUT2D eigenvalue weighted by Gasteiger charge is 2.45. The summed E-state index contributed by atoms with van der Waals surface area (Å²) in [6, 6.07) is 39.2. The van der Waals surface area contributed by atoms with Crippen LogP contribution in [-0.2, 0) is 18.5 Å². The maximum Gasteiger partial charge on any atom is 0.351 e. The highest BCUT2D eigenvalue weighted by Crippen LogP contribution is 2.53. The number of carbonyl (C=O) groups is 1. The number of anilines is 1. The van der Waals surface area contributed by atoms with Crippen molar-refractivity contribution in [2.24, 2.45) is 0 Å². The third-order valence-corrected chi connectivity index (χ3v) is 13.9. The molecule has 5 aromatic rings. The molecule has 6 rings (SSSR count). The number of carbonyl (C=O) groups excluding carboxylic acids is 1. The Morgan fingerprint density at radius 3 is 2.00 bits per heavy atom. The van der Waals surface area contributed by atoms with Crippen LogP contribution in [0.5, 0.6) is 11.5 Å². The van der Waals surface area contributed by atoms with Crippen LogP contribution in [0.15, 0.2) is 126 Å². The van der Waals surface area contributed by atoms with Gasteiger partial charge in [0.25, 0.3) is 14.4 Å². The highest BCUT2D eigenvalue weighted by atomic mass is 32.2. The molecule has 1 aliphatic heterocycles. The lowest BCUT2D eigenvalue weighted by Gasteiger charge is -2.38. The van der Waals surface area contributed by atoms with Gasteiger partial charge in [-0.2, -0.15) is 10.2 Å². The van der Waals surface area contributed by atoms with Crippen molar-refractivity contribution in [3.63, 3.8) is 0 Å². The number of methoxy groups -OCH3 is 2. The SMILES string of the molecule is COc1ccc(C(SC[C@H]2O[C@@H](n3ccc(NC(=O)c4ccccc4)nc3=O)C[C@@H]2OP(OCCC#N)N(C(C)C)C(C)C)(c2ccccc2)c2ccc(OC)cc2)cc1. The first-order chi connectivity index (χ1) is 29.1. The molecule has 1 aromatic heterocycles. The summed E-state index contributed by atoms with van der Waals surface area (Å²) >= 11 is 1.71. The van der Waals surface area contributed by atoms with Crippen molar-refractivity contribution in [2.75, 3.05) is 31.9 Å². The van der Waals surface area contributed by atoms with E-state index >= 15 is 0 Å². The smallest absolute Gasteiger partial charge is 0.351 e. The lowest BCUT2D eigenvalue weighted by Crippen LogP contribution is -2.36. The van der Waals surface area contributed by atoms with Crippen LogP contribution in [0.25, 0.3) is 0 Å². The normalized spacial score (nSPS) is 17.1. The number of nitrogens with one attached hydrogen (secondary N) is 1. The molecule has 1 saturated heterocycles. The molecule has 12 nitrogen and oxygen atoms in total. The second-order valence-electron chi connectivity index (χ2n) is 14.7. The second-order valence-corrected chi connectivity index (χ2v) is 17.3. The molecular formula is C46H52N5O7PS. The molecule has 0 spiro atoms. The standard InChI is InChI=1S/C46H52N5O7PS/c1-32(2)51(33(3)4)59(56-29-13-27-47)58-40-30-43(50-28-26-42(49-45(50)53)48-44(52)34-14-9-7-10-15-34)57-41(40)31-60-46(35-16-11-8-12-17-35,36-18-22-38(54-5)23-19-36)37-20-24-39(55-6)25-21-37/h7-12,14-26,28,32-33,40-41,43H,13,29-31H2,1-6H3,(H,48,49,52,53)/t40-,41+,43+,59?/m0/s1. The summed E-state index contributed by atoms with van der Waals surface area (Å²) in [5.41, 5.74) is 2.98. The molecule has 1 N–H and O–H groups in total. The fourth-order valence-corrected chi connectivity index (χ4v) is 10.7. The first kappa shape index (κ1) is 44.5. The lowest BCUT2D eigenvalue weighted by molar-refractivity contribution is -0.00625. The van der Waals surface area contributed by atoms with Crippen molar-refractivity contribution in [3.8, 4) is 17.6 Å². The van der Waals surface area contributed by atoms with Crippen LogP contribution in [0.4, 0.5) is 5.82 Å². The zero-order valence-electron chi connectivity index (χ0n) is 34.8. The number of nitrogens with zero attached hydrogens (tertiary/aromatic N) is 4. The molecule has 1 unspecified atom stereocenters. The van der Waals surface area contributed by atoms with Gasteiger partial charge in [-0.1, -0.05) is 72.8 Å². The minimum atomic E-state index is -1.65. The van der Waals surface area contributed by atoms with Gasteiger partial charge < -0.3 is 28.6 Å². The average Bonchev–Trinajstić information content (AvgIpc) is 3.66. The van der Waals surface area contributed by atoms with E-state index < -0.39 is 37.4 Å². The topological polar surface area (TPSA) is 137 Å². The summed E-state index contributed by atoms with van der Waals surface area (Å²) in [5, 5.41) is 12.1. The molecule has 14 heteroatoms. The largest absolute Gasteiger partial charge is 0.497 e. The van der Waals surface area contributed by atoms with Crippen molar-refractivity contribution >= 4 is 32.0 Å². The van der Waals surface area contributed by atoms with E-state index in [0.29, 0.717) is 17.7 Å². The number of hydrogen-bond acceptors (Lipinski definition) is 11. The summed E-state index contributed by atoms with van der Waals surface area (Å²) in [5.74, 6) is 1.68. The molecule has 0 radical (unpaired) electrons. The Morgan fingerprint density at radius 2 is 1.47 bits per heavy atom. The molecule has 1 fully saturated rings. The van der Waals surface area contributed by atoms with E-state index in [2.05, 4.69) is 85.1 Å².